The van der Waals surface area contributed by atoms with Crippen molar-refractivity contribution in [2.24, 2.45) is 0 Å². The van der Waals surface area contributed by atoms with Crippen LogP contribution in [0.3, 0.4) is 0 Å². The van der Waals surface area contributed by atoms with E-state index in [1.165, 1.54) is 5.56 Å². The van der Waals surface area contributed by atoms with Gasteiger partial charge in [-0.15, -0.1) is 0 Å². The number of fused-ring (bicyclic) bond motifs is 1. The lowest BCUT2D eigenvalue weighted by molar-refractivity contribution is 0.336. The van der Waals surface area contributed by atoms with Crippen molar-refractivity contribution in [2.75, 3.05) is 6.54 Å². The molecule has 1 atom stereocenters. The van der Waals surface area contributed by atoms with Crippen LogP contribution in [0.25, 0.3) is 0 Å². The predicted molar refractivity (Wildman–Crippen MR) is 142 cm³/mol. The van der Waals surface area contributed by atoms with Crippen molar-refractivity contribution >= 4 is 33.9 Å². The number of nitrogens with zero attached hydrogens (tertiary/aromatic N) is 1. The molecule has 0 radical (unpaired) electrons. The molecule has 1 aliphatic carbocycles. The Kier molecular flexibility index (Phi) is 6.65. The van der Waals surface area contributed by atoms with Crippen LogP contribution in [0.2, 0.25) is 0 Å². The summed E-state index contributed by atoms with van der Waals surface area (Å²) in [5.74, 6) is 0. The van der Waals surface area contributed by atoms with Gasteiger partial charge in [0, 0.05) is 11.8 Å². The normalized spacial score (nSPS) is 15.6. The molecule has 4 aromatic rings. The number of benzene rings is 4. The van der Waals surface area contributed by atoms with Gasteiger partial charge in [0.2, 0.25) is 10.0 Å². The Hall–Kier alpha value is -2.78. The summed E-state index contributed by atoms with van der Waals surface area (Å²) in [6.07, 6.45) is 1.73. The zero-order valence-corrected chi connectivity index (χ0v) is 20.9. The van der Waals surface area contributed by atoms with E-state index in [0.717, 1.165) is 34.3 Å². The van der Waals surface area contributed by atoms with Gasteiger partial charge in [-0.3, -0.25) is 0 Å². The van der Waals surface area contributed by atoms with Gasteiger partial charge in [0.25, 0.3) is 0 Å². The Morgan fingerprint density at radius 2 is 1.32 bits per heavy atom. The standard InChI is InChI=1S/C29H28NO2PS/c1-2-30(27-22-21-23-13-9-10-18-26(23)27)34(31,32)29-20-12-11-19-28(29)33(24-14-5-3-6-15-24)25-16-7-4-8-17-25/h3-20,27H,2,21-22H2,1H3/t27-/m0/s1. The third-order valence-corrected chi connectivity index (χ3v) is 11.2. The molecule has 5 rings (SSSR count). The predicted octanol–water partition coefficient (Wildman–Crippen LogP) is 5.14. The van der Waals surface area contributed by atoms with Gasteiger partial charge < -0.3 is 0 Å². The fourth-order valence-corrected chi connectivity index (χ4v) is 9.63. The summed E-state index contributed by atoms with van der Waals surface area (Å²) < 4.78 is 30.3. The van der Waals surface area contributed by atoms with Crippen LogP contribution >= 0.6 is 7.92 Å². The minimum absolute atomic E-state index is 0.126. The Balaban J connectivity index is 1.64. The van der Waals surface area contributed by atoms with Crippen LogP contribution in [-0.4, -0.2) is 19.3 Å². The highest BCUT2D eigenvalue weighted by molar-refractivity contribution is 7.90. The number of sulfonamides is 1. The fourth-order valence-electron chi connectivity index (χ4n) is 4.96. The first-order chi connectivity index (χ1) is 16.6. The van der Waals surface area contributed by atoms with E-state index in [-0.39, 0.29) is 6.04 Å². The van der Waals surface area contributed by atoms with Crippen molar-refractivity contribution < 1.29 is 8.42 Å². The number of aryl methyl sites for hydroxylation is 1. The molecule has 0 saturated carbocycles. The summed E-state index contributed by atoms with van der Waals surface area (Å²) in [5, 5.41) is 3.15. The van der Waals surface area contributed by atoms with Crippen LogP contribution < -0.4 is 15.9 Å². The van der Waals surface area contributed by atoms with Crippen LogP contribution in [0, 0.1) is 0 Å². The second-order valence-corrected chi connectivity index (χ2v) is 12.5. The number of rotatable bonds is 7. The van der Waals surface area contributed by atoms with Gasteiger partial charge in [0.15, 0.2) is 0 Å². The van der Waals surface area contributed by atoms with Crippen LogP contribution in [0.15, 0.2) is 114 Å². The van der Waals surface area contributed by atoms with E-state index in [1.807, 2.05) is 73.7 Å². The number of hydrogen-bond acceptors (Lipinski definition) is 2. The molecule has 5 heteroatoms. The molecule has 0 aromatic heterocycles. The fraction of sp³-hybridized carbons (Fsp3) is 0.172. The smallest absolute Gasteiger partial charge is 0.207 e. The first-order valence-electron chi connectivity index (χ1n) is 11.7. The highest BCUT2D eigenvalue weighted by Crippen LogP contribution is 2.40. The second kappa shape index (κ2) is 9.84. The van der Waals surface area contributed by atoms with Crippen LogP contribution in [-0.2, 0) is 16.4 Å². The maximum absolute atomic E-state index is 14.3. The lowest BCUT2D eigenvalue weighted by Gasteiger charge is -2.30. The molecule has 0 bridgehead atoms. The third-order valence-electron chi connectivity index (χ3n) is 6.48. The quantitative estimate of drug-likeness (QED) is 0.340. The molecule has 0 saturated heterocycles. The van der Waals surface area contributed by atoms with E-state index in [2.05, 4.69) is 36.4 Å². The summed E-state index contributed by atoms with van der Waals surface area (Å²) in [6.45, 7) is 2.38. The lowest BCUT2D eigenvalue weighted by atomic mass is 10.1. The molecule has 0 fully saturated rings. The molecule has 0 spiro atoms. The first-order valence-corrected chi connectivity index (χ1v) is 14.5. The molecule has 0 N–H and O–H groups in total. The van der Waals surface area contributed by atoms with E-state index in [4.69, 9.17) is 0 Å². The highest BCUT2D eigenvalue weighted by atomic mass is 32.2. The lowest BCUT2D eigenvalue weighted by Crippen LogP contribution is -2.37. The zero-order valence-electron chi connectivity index (χ0n) is 19.2. The van der Waals surface area contributed by atoms with Gasteiger partial charge in [-0.05, 0) is 48.6 Å². The van der Waals surface area contributed by atoms with Crippen molar-refractivity contribution in [3.63, 3.8) is 0 Å². The topological polar surface area (TPSA) is 37.4 Å². The molecular formula is C29H28NO2PS. The largest absolute Gasteiger partial charge is 0.244 e. The van der Waals surface area contributed by atoms with Gasteiger partial charge in [0.1, 0.15) is 0 Å². The van der Waals surface area contributed by atoms with E-state index in [1.54, 1.807) is 10.4 Å². The van der Waals surface area contributed by atoms with Crippen molar-refractivity contribution in [2.45, 2.75) is 30.7 Å². The summed E-state index contributed by atoms with van der Waals surface area (Å²) in [6, 6.07) is 36.2. The summed E-state index contributed by atoms with van der Waals surface area (Å²) in [7, 11) is -4.75. The molecule has 0 aliphatic heterocycles. The monoisotopic (exact) mass is 485 g/mol. The molecule has 4 aromatic carbocycles. The Morgan fingerprint density at radius 3 is 1.97 bits per heavy atom. The molecule has 172 valence electrons. The maximum Gasteiger partial charge on any atom is 0.244 e. The van der Waals surface area contributed by atoms with Gasteiger partial charge >= 0.3 is 0 Å². The SMILES string of the molecule is CCN([C@H]1CCc2ccccc21)S(=O)(=O)c1ccccc1P(c1ccccc1)c1ccccc1. The highest BCUT2D eigenvalue weighted by Gasteiger charge is 2.37. The molecular weight excluding hydrogens is 457 g/mol. The average Bonchev–Trinajstić information content (AvgIpc) is 3.30. The summed E-state index contributed by atoms with van der Waals surface area (Å²) in [5.41, 5.74) is 2.39. The molecule has 0 unspecified atom stereocenters. The van der Waals surface area contributed by atoms with Crippen LogP contribution in [0.5, 0.6) is 0 Å². The van der Waals surface area contributed by atoms with Crippen LogP contribution in [0.4, 0.5) is 0 Å². The van der Waals surface area contributed by atoms with Crippen LogP contribution in [0.1, 0.15) is 30.5 Å². The molecule has 0 amide bonds. The van der Waals surface area contributed by atoms with Gasteiger partial charge in [0.05, 0.1) is 10.9 Å². The Morgan fingerprint density at radius 1 is 0.765 bits per heavy atom. The third kappa shape index (κ3) is 4.22. The second-order valence-electron chi connectivity index (χ2n) is 8.44. The molecule has 3 nitrogen and oxygen atoms in total. The van der Waals surface area contributed by atoms with E-state index in [9.17, 15) is 8.42 Å². The minimum atomic E-state index is -3.72. The molecule has 34 heavy (non-hydrogen) atoms. The van der Waals surface area contributed by atoms with E-state index >= 15 is 0 Å². The summed E-state index contributed by atoms with van der Waals surface area (Å²) >= 11 is 0. The molecule has 1 aliphatic rings. The Labute approximate surface area is 203 Å². The van der Waals surface area contributed by atoms with Crippen molar-refractivity contribution in [1.29, 1.82) is 0 Å². The van der Waals surface area contributed by atoms with Crippen molar-refractivity contribution in [1.82, 2.24) is 4.31 Å². The van der Waals surface area contributed by atoms with Crippen molar-refractivity contribution in [3.05, 3.63) is 120 Å². The zero-order chi connectivity index (χ0) is 23.5. The van der Waals surface area contributed by atoms with E-state index < -0.39 is 17.9 Å². The van der Waals surface area contributed by atoms with Gasteiger partial charge in [-0.2, -0.15) is 4.31 Å². The maximum atomic E-state index is 14.3. The van der Waals surface area contributed by atoms with E-state index in [0.29, 0.717) is 11.4 Å². The first kappa shape index (κ1) is 23.0. The van der Waals surface area contributed by atoms with Gasteiger partial charge in [-0.25, -0.2) is 8.42 Å². The summed E-state index contributed by atoms with van der Waals surface area (Å²) in [4.78, 5) is 0.417. The van der Waals surface area contributed by atoms with Crippen molar-refractivity contribution in [3.8, 4) is 0 Å². The average molecular weight is 486 g/mol. The molecule has 0 heterocycles. The number of hydrogen-bond donors (Lipinski definition) is 0. The Bertz CT molecular complexity index is 1330. The van der Waals surface area contributed by atoms with Gasteiger partial charge in [-0.1, -0.05) is 110 Å². The minimum Gasteiger partial charge on any atom is -0.207 e.